The molecular weight excluding hydrogens is 353 g/mol. The zero-order chi connectivity index (χ0) is 16.4. The number of fused-ring (bicyclic) bond motifs is 1. The first-order valence-corrected chi connectivity index (χ1v) is 9.89. The van der Waals surface area contributed by atoms with Crippen LogP contribution in [0, 0.1) is 0 Å². The molecule has 0 spiro atoms. The number of hydrogen-bond acceptors (Lipinski definition) is 0. The average molecular weight is 378 g/mol. The Kier molecular flexibility index (Phi) is 6.60. The van der Waals surface area contributed by atoms with Crippen molar-refractivity contribution < 1.29 is 13.2 Å². The second-order valence-electron chi connectivity index (χ2n) is 6.61. The van der Waals surface area contributed by atoms with Crippen LogP contribution < -0.4 is 0 Å². The van der Waals surface area contributed by atoms with Crippen molar-refractivity contribution >= 4 is 33.0 Å². The van der Waals surface area contributed by atoms with Gasteiger partial charge in [-0.1, -0.05) is 45.1 Å². The zero-order valence-electron chi connectivity index (χ0n) is 14.0. The van der Waals surface area contributed by atoms with E-state index in [1.165, 1.54) is 0 Å². The van der Waals surface area contributed by atoms with E-state index < -0.39 is 16.0 Å². The van der Waals surface area contributed by atoms with Crippen molar-refractivity contribution in [2.75, 3.05) is 0 Å². The molecule has 0 nitrogen and oxygen atoms in total. The van der Waals surface area contributed by atoms with E-state index >= 15 is 0 Å². The summed E-state index contributed by atoms with van der Waals surface area (Å²) in [5, 5.41) is 0.796. The molecule has 0 N–H and O–H groups in total. The fourth-order valence-electron chi connectivity index (χ4n) is 3.76. The molecule has 5 heteroatoms. The van der Waals surface area contributed by atoms with E-state index in [0.717, 1.165) is 62.3 Å². The lowest BCUT2D eigenvalue weighted by Crippen LogP contribution is -2.02. The predicted octanol–water partition coefficient (Wildman–Crippen LogP) is 7.88. The van der Waals surface area contributed by atoms with Crippen molar-refractivity contribution in [1.82, 2.24) is 0 Å². The number of benzene rings is 1. The SMILES string of the molecule is CCCc1ccc2cc(C3CCCCCC3)[s+](C(F)(F)F)c2c1.Cl. The number of thiophene rings is 1. The van der Waals surface area contributed by atoms with Crippen molar-refractivity contribution in [1.29, 1.82) is 0 Å². The lowest BCUT2D eigenvalue weighted by molar-refractivity contribution is -0.0868. The van der Waals surface area contributed by atoms with Gasteiger partial charge >= 0.3 is 5.51 Å². The third-order valence-corrected chi connectivity index (χ3v) is 7.04. The lowest BCUT2D eigenvalue weighted by atomic mass is 9.98. The molecule has 1 aliphatic carbocycles. The second-order valence-corrected chi connectivity index (χ2v) is 8.60. The van der Waals surface area contributed by atoms with Gasteiger partial charge in [0.05, 0.1) is 10.5 Å². The molecule has 0 saturated heterocycles. The van der Waals surface area contributed by atoms with Crippen LogP contribution in [0.5, 0.6) is 0 Å². The maximum Gasteiger partial charge on any atom is 0.600 e. The van der Waals surface area contributed by atoms with Crippen molar-refractivity contribution in [3.05, 3.63) is 34.7 Å². The fourth-order valence-corrected chi connectivity index (χ4v) is 5.98. The molecule has 0 amide bonds. The number of aryl methyl sites for hydroxylation is 1. The van der Waals surface area contributed by atoms with Gasteiger partial charge in [0.2, 0.25) is 0 Å². The highest BCUT2D eigenvalue weighted by Gasteiger charge is 2.49. The van der Waals surface area contributed by atoms with Crippen LogP contribution in [0.3, 0.4) is 0 Å². The van der Waals surface area contributed by atoms with Gasteiger partial charge < -0.3 is 0 Å². The standard InChI is InChI=1S/C19H24F3S.ClH/c1-2-7-14-10-11-16-13-18(15-8-5-3-4-6-9-15)23(17(16)12-14)19(20,21)22;/h10-13,15H,2-9H2,1H3;1H/q+1;. The summed E-state index contributed by atoms with van der Waals surface area (Å²) in [5.74, 6) is 0.115. The zero-order valence-corrected chi connectivity index (χ0v) is 15.6. The molecule has 134 valence electrons. The molecule has 0 aliphatic heterocycles. The van der Waals surface area contributed by atoms with E-state index in [4.69, 9.17) is 0 Å². The summed E-state index contributed by atoms with van der Waals surface area (Å²) in [6, 6.07) is 7.57. The van der Waals surface area contributed by atoms with Gasteiger partial charge in [-0.3, -0.25) is 0 Å². The van der Waals surface area contributed by atoms with Crippen molar-refractivity contribution in [2.24, 2.45) is 0 Å². The van der Waals surface area contributed by atoms with Crippen LogP contribution in [0.1, 0.15) is 68.2 Å². The number of rotatable bonds is 3. The van der Waals surface area contributed by atoms with Crippen molar-refractivity contribution in [3.63, 3.8) is 0 Å². The van der Waals surface area contributed by atoms with Gasteiger partial charge in [-0.25, -0.2) is 0 Å². The maximum absolute atomic E-state index is 13.8. The third-order valence-electron chi connectivity index (χ3n) is 4.86. The average Bonchev–Trinajstić information content (AvgIpc) is 2.68. The molecule has 1 saturated carbocycles. The van der Waals surface area contributed by atoms with E-state index in [1.807, 2.05) is 24.3 Å². The Morgan fingerprint density at radius 2 is 1.71 bits per heavy atom. The Morgan fingerprint density at radius 3 is 2.29 bits per heavy atom. The molecule has 1 aromatic heterocycles. The molecular formula is C19H25ClF3S+. The lowest BCUT2D eigenvalue weighted by Gasteiger charge is -2.10. The first-order chi connectivity index (χ1) is 11.0. The first-order valence-electron chi connectivity index (χ1n) is 8.66. The van der Waals surface area contributed by atoms with E-state index in [9.17, 15) is 13.2 Å². The summed E-state index contributed by atoms with van der Waals surface area (Å²) in [6.45, 7) is 2.06. The molecule has 1 aromatic carbocycles. The Labute approximate surface area is 150 Å². The smallest absolute Gasteiger partial charge is 0.147 e. The van der Waals surface area contributed by atoms with Gasteiger partial charge in [-0.05, 0) is 30.9 Å². The van der Waals surface area contributed by atoms with Gasteiger partial charge in [0, 0.05) is 23.4 Å². The number of hydrogen-bond donors (Lipinski definition) is 0. The third kappa shape index (κ3) is 4.08. The van der Waals surface area contributed by atoms with Crippen LogP contribution >= 0.6 is 22.9 Å². The quantitative estimate of drug-likeness (QED) is 0.377. The summed E-state index contributed by atoms with van der Waals surface area (Å²) in [5.41, 5.74) is -3.13. The molecule has 1 fully saturated rings. The van der Waals surface area contributed by atoms with Crippen molar-refractivity contribution in [2.45, 2.75) is 69.7 Å². The monoisotopic (exact) mass is 377 g/mol. The van der Waals surface area contributed by atoms with E-state index in [1.54, 1.807) is 0 Å². The molecule has 1 unspecified atom stereocenters. The van der Waals surface area contributed by atoms with E-state index in [2.05, 4.69) is 6.92 Å². The van der Waals surface area contributed by atoms with Gasteiger partial charge in [0.1, 0.15) is 0 Å². The van der Waals surface area contributed by atoms with Crippen LogP contribution in [-0.2, 0) is 11.9 Å². The van der Waals surface area contributed by atoms with Gasteiger partial charge in [0.25, 0.3) is 0 Å². The van der Waals surface area contributed by atoms with Gasteiger partial charge in [-0.15, -0.1) is 25.6 Å². The highest BCUT2D eigenvalue weighted by molar-refractivity contribution is 7.38. The second kappa shape index (κ2) is 8.09. The molecule has 2 aromatic rings. The molecule has 0 radical (unpaired) electrons. The molecule has 0 bridgehead atoms. The number of halogens is 4. The summed E-state index contributed by atoms with van der Waals surface area (Å²) in [6.07, 6.45) is 8.10. The Hall–Kier alpha value is -0.740. The Bertz CT molecular complexity index is 667. The summed E-state index contributed by atoms with van der Waals surface area (Å²) < 4.78 is 42.0. The normalized spacial score (nSPS) is 17.6. The maximum atomic E-state index is 13.8. The van der Waals surface area contributed by atoms with Crippen LogP contribution in [0.25, 0.3) is 10.1 Å². The Balaban J connectivity index is 0.00000208. The van der Waals surface area contributed by atoms with E-state index in [-0.39, 0.29) is 18.3 Å². The Morgan fingerprint density at radius 1 is 1.04 bits per heavy atom. The minimum atomic E-state index is -4.16. The van der Waals surface area contributed by atoms with Gasteiger partial charge in [-0.2, -0.15) is 0 Å². The largest absolute Gasteiger partial charge is 0.600 e. The molecule has 3 rings (SSSR count). The molecule has 24 heavy (non-hydrogen) atoms. The fraction of sp³-hybridized carbons (Fsp3) is 0.579. The highest BCUT2D eigenvalue weighted by atomic mass is 35.5. The number of alkyl halides is 3. The molecule has 1 atom stereocenters. The topological polar surface area (TPSA) is 0 Å². The van der Waals surface area contributed by atoms with Crippen LogP contribution in [0.2, 0.25) is 0 Å². The van der Waals surface area contributed by atoms with E-state index in [0.29, 0.717) is 9.58 Å². The summed E-state index contributed by atoms with van der Waals surface area (Å²) >= 11 is 0. The predicted molar refractivity (Wildman–Crippen MR) is 99.4 cm³/mol. The minimum absolute atomic E-state index is 0. The molecule has 1 heterocycles. The van der Waals surface area contributed by atoms with Crippen LogP contribution in [-0.4, -0.2) is 0 Å². The highest BCUT2D eigenvalue weighted by Crippen LogP contribution is 2.54. The van der Waals surface area contributed by atoms with Crippen LogP contribution in [0.15, 0.2) is 24.3 Å². The summed E-state index contributed by atoms with van der Waals surface area (Å²) in [7, 11) is -1.72. The summed E-state index contributed by atoms with van der Waals surface area (Å²) in [4.78, 5) is 0.656. The minimum Gasteiger partial charge on any atom is -0.147 e. The van der Waals surface area contributed by atoms with Gasteiger partial charge in [0.15, 0.2) is 9.58 Å². The van der Waals surface area contributed by atoms with Crippen molar-refractivity contribution in [3.8, 4) is 0 Å². The van der Waals surface area contributed by atoms with Crippen LogP contribution in [0.4, 0.5) is 13.2 Å². The first kappa shape index (κ1) is 19.6. The molecule has 1 aliphatic rings.